The van der Waals surface area contributed by atoms with Crippen LogP contribution in [0, 0.1) is 0 Å². The van der Waals surface area contributed by atoms with E-state index in [-0.39, 0.29) is 11.1 Å². The van der Waals surface area contributed by atoms with E-state index in [1.54, 1.807) is 0 Å². The summed E-state index contributed by atoms with van der Waals surface area (Å²) < 4.78 is 8.97. The van der Waals surface area contributed by atoms with E-state index < -0.39 is 11.9 Å². The van der Waals surface area contributed by atoms with Crippen molar-refractivity contribution < 1.29 is 19.1 Å². The predicted octanol–water partition coefficient (Wildman–Crippen LogP) is 1.18. The molecule has 0 spiro atoms. The molecule has 0 saturated carbocycles. The topological polar surface area (TPSA) is 52.6 Å². The molecule has 0 atom stereocenters. The molecule has 0 aromatic heterocycles. The average molecular weight is 184 g/mol. The van der Waals surface area contributed by atoms with Gasteiger partial charge in [0.05, 0.1) is 12.7 Å². The fourth-order valence-corrected chi connectivity index (χ4v) is 0.452. The molecule has 0 fully saturated rings. The molecule has 0 aromatic rings. The first kappa shape index (κ1) is 11.4. The lowest BCUT2D eigenvalue weighted by Gasteiger charge is -1.99. The van der Waals surface area contributed by atoms with Crippen LogP contribution < -0.4 is 0 Å². The van der Waals surface area contributed by atoms with Crippen LogP contribution in [-0.4, -0.2) is 19.0 Å². The molecule has 0 unspecified atom stereocenters. The van der Waals surface area contributed by atoms with Gasteiger partial charge in [0.2, 0.25) is 0 Å². The average Bonchev–Trinajstić information content (AvgIpc) is 2.11. The Morgan fingerprint density at radius 1 is 1.23 bits per heavy atom. The highest BCUT2D eigenvalue weighted by Gasteiger charge is 2.05. The van der Waals surface area contributed by atoms with Gasteiger partial charge in [0.1, 0.15) is 6.26 Å². The van der Waals surface area contributed by atoms with Gasteiger partial charge in [-0.25, -0.2) is 9.59 Å². The van der Waals surface area contributed by atoms with Crippen molar-refractivity contribution in [3.8, 4) is 0 Å². The first-order valence-electron chi connectivity index (χ1n) is 3.60. The molecule has 0 amide bonds. The normalized spacial score (nSPS) is 10.5. The van der Waals surface area contributed by atoms with Crippen molar-refractivity contribution in [2.24, 2.45) is 0 Å². The molecule has 0 heterocycles. The first-order valence-corrected chi connectivity index (χ1v) is 3.60. The van der Waals surface area contributed by atoms with Gasteiger partial charge >= 0.3 is 11.9 Å². The molecule has 0 aliphatic heterocycles. The Labute approximate surface area is 76.8 Å². The Morgan fingerprint density at radius 3 is 2.15 bits per heavy atom. The Bertz CT molecular complexity index is 263. The SMILES string of the molecule is C=C(C)C(=O)OC=C(C)C(=O)OC. The molecule has 0 aromatic carbocycles. The van der Waals surface area contributed by atoms with E-state index in [1.807, 2.05) is 0 Å². The van der Waals surface area contributed by atoms with Crippen LogP contribution in [0.1, 0.15) is 13.8 Å². The quantitative estimate of drug-likeness (QED) is 0.375. The smallest absolute Gasteiger partial charge is 0.337 e. The summed E-state index contributed by atoms with van der Waals surface area (Å²) in [4.78, 5) is 21.6. The summed E-state index contributed by atoms with van der Waals surface area (Å²) in [5, 5.41) is 0. The zero-order chi connectivity index (χ0) is 10.4. The van der Waals surface area contributed by atoms with Gasteiger partial charge in [0.25, 0.3) is 0 Å². The summed E-state index contributed by atoms with van der Waals surface area (Å²) in [7, 11) is 1.25. The Kier molecular flexibility index (Phi) is 4.51. The van der Waals surface area contributed by atoms with Crippen LogP contribution in [0.5, 0.6) is 0 Å². The largest absolute Gasteiger partial charge is 0.466 e. The molecule has 0 aliphatic rings. The molecular weight excluding hydrogens is 172 g/mol. The van der Waals surface area contributed by atoms with Gasteiger partial charge in [-0.15, -0.1) is 0 Å². The molecule has 4 heteroatoms. The number of hydrogen-bond acceptors (Lipinski definition) is 4. The summed E-state index contributed by atoms with van der Waals surface area (Å²) in [6.07, 6.45) is 1.04. The van der Waals surface area contributed by atoms with E-state index >= 15 is 0 Å². The summed E-state index contributed by atoms with van der Waals surface area (Å²) in [6, 6.07) is 0. The second-order valence-electron chi connectivity index (χ2n) is 2.48. The van der Waals surface area contributed by atoms with E-state index in [1.165, 1.54) is 21.0 Å². The van der Waals surface area contributed by atoms with Gasteiger partial charge < -0.3 is 9.47 Å². The standard InChI is InChI=1S/C9H12O4/c1-6(2)8(10)13-5-7(3)9(11)12-4/h5H,1H2,2-4H3. The van der Waals surface area contributed by atoms with E-state index in [0.717, 1.165) is 6.26 Å². The second-order valence-corrected chi connectivity index (χ2v) is 2.48. The highest BCUT2D eigenvalue weighted by Crippen LogP contribution is 1.99. The third kappa shape index (κ3) is 4.10. The van der Waals surface area contributed by atoms with Gasteiger partial charge in [-0.05, 0) is 13.8 Å². The first-order chi connectivity index (χ1) is 5.99. The van der Waals surface area contributed by atoms with Crippen LogP contribution in [0.2, 0.25) is 0 Å². The molecule has 0 saturated heterocycles. The predicted molar refractivity (Wildman–Crippen MR) is 46.7 cm³/mol. The van der Waals surface area contributed by atoms with E-state index in [2.05, 4.69) is 16.1 Å². The van der Waals surface area contributed by atoms with Crippen LogP contribution in [0.4, 0.5) is 0 Å². The highest BCUT2D eigenvalue weighted by atomic mass is 16.5. The number of ether oxygens (including phenoxy) is 2. The lowest BCUT2D eigenvalue weighted by Crippen LogP contribution is -2.05. The summed E-state index contributed by atoms with van der Waals surface area (Å²) >= 11 is 0. The van der Waals surface area contributed by atoms with Crippen molar-refractivity contribution >= 4 is 11.9 Å². The number of carbonyl (C=O) groups is 2. The van der Waals surface area contributed by atoms with Crippen LogP contribution in [0.25, 0.3) is 0 Å². The van der Waals surface area contributed by atoms with Crippen molar-refractivity contribution in [1.29, 1.82) is 0 Å². The maximum atomic E-state index is 10.8. The summed E-state index contributed by atoms with van der Waals surface area (Å²) in [5.74, 6) is -1.10. The molecular formula is C9H12O4. The van der Waals surface area contributed by atoms with Gasteiger partial charge in [-0.1, -0.05) is 6.58 Å². The molecule has 0 N–H and O–H groups in total. The minimum absolute atomic E-state index is 0.220. The third-order valence-electron chi connectivity index (χ3n) is 1.20. The molecule has 13 heavy (non-hydrogen) atoms. The lowest BCUT2D eigenvalue weighted by molar-refractivity contribution is -0.136. The zero-order valence-corrected chi connectivity index (χ0v) is 7.92. The minimum Gasteiger partial charge on any atom is -0.466 e. The monoisotopic (exact) mass is 184 g/mol. The minimum atomic E-state index is -0.566. The Hall–Kier alpha value is -1.58. The van der Waals surface area contributed by atoms with Gasteiger partial charge in [-0.3, -0.25) is 0 Å². The fraction of sp³-hybridized carbons (Fsp3) is 0.333. The van der Waals surface area contributed by atoms with Crippen molar-refractivity contribution in [2.45, 2.75) is 13.8 Å². The molecule has 0 aliphatic carbocycles. The van der Waals surface area contributed by atoms with Crippen LogP contribution in [-0.2, 0) is 19.1 Å². The van der Waals surface area contributed by atoms with Crippen LogP contribution >= 0.6 is 0 Å². The molecule has 0 bridgehead atoms. The summed E-state index contributed by atoms with van der Waals surface area (Å²) in [5.41, 5.74) is 0.492. The molecule has 4 nitrogen and oxygen atoms in total. The molecule has 0 rings (SSSR count). The van der Waals surface area contributed by atoms with E-state index in [0.29, 0.717) is 0 Å². The Morgan fingerprint density at radius 2 is 1.77 bits per heavy atom. The summed E-state index contributed by atoms with van der Waals surface area (Å²) in [6.45, 7) is 6.38. The maximum Gasteiger partial charge on any atom is 0.337 e. The zero-order valence-electron chi connectivity index (χ0n) is 7.92. The van der Waals surface area contributed by atoms with Gasteiger partial charge in [-0.2, -0.15) is 0 Å². The van der Waals surface area contributed by atoms with E-state index in [9.17, 15) is 9.59 Å². The van der Waals surface area contributed by atoms with E-state index in [4.69, 9.17) is 0 Å². The van der Waals surface area contributed by atoms with Gasteiger partial charge in [0.15, 0.2) is 0 Å². The number of esters is 2. The van der Waals surface area contributed by atoms with Gasteiger partial charge in [0, 0.05) is 5.57 Å². The van der Waals surface area contributed by atoms with Crippen LogP contribution in [0.3, 0.4) is 0 Å². The fourth-order valence-electron chi connectivity index (χ4n) is 0.452. The highest BCUT2D eigenvalue weighted by molar-refractivity contribution is 5.90. The Balaban J connectivity index is 4.20. The maximum absolute atomic E-state index is 10.8. The van der Waals surface area contributed by atoms with Crippen molar-refractivity contribution in [1.82, 2.24) is 0 Å². The lowest BCUT2D eigenvalue weighted by atomic mass is 10.3. The molecule has 0 radical (unpaired) electrons. The third-order valence-corrected chi connectivity index (χ3v) is 1.20. The number of methoxy groups -OCH3 is 1. The number of hydrogen-bond donors (Lipinski definition) is 0. The molecule has 72 valence electrons. The number of carbonyl (C=O) groups excluding carboxylic acids is 2. The van der Waals surface area contributed by atoms with Crippen LogP contribution in [0.15, 0.2) is 24.0 Å². The van der Waals surface area contributed by atoms with Crippen molar-refractivity contribution in [3.05, 3.63) is 24.0 Å². The number of rotatable bonds is 3. The van der Waals surface area contributed by atoms with Crippen molar-refractivity contribution in [2.75, 3.05) is 7.11 Å². The van der Waals surface area contributed by atoms with Crippen molar-refractivity contribution in [3.63, 3.8) is 0 Å². The second kappa shape index (κ2) is 5.13.